The highest BCUT2D eigenvalue weighted by atomic mass is 15.3. The minimum Gasteiger partial charge on any atom is -0.325 e. The summed E-state index contributed by atoms with van der Waals surface area (Å²) in [6.45, 7) is 9.47. The lowest BCUT2D eigenvalue weighted by molar-refractivity contribution is -0.904. The molecule has 0 heterocycles. The normalized spacial score (nSPS) is 12.4. The molecule has 1 aromatic rings. The molecule has 34 heavy (non-hydrogen) atoms. The molecule has 0 aromatic heterocycles. The highest BCUT2D eigenvalue weighted by Crippen LogP contribution is 2.17. The van der Waals surface area contributed by atoms with Crippen molar-refractivity contribution in [3.8, 4) is 0 Å². The van der Waals surface area contributed by atoms with Crippen molar-refractivity contribution >= 4 is 0 Å². The second kappa shape index (κ2) is 18.4. The maximum Gasteiger partial charge on any atom is 0.104 e. The van der Waals surface area contributed by atoms with Crippen LogP contribution >= 0.6 is 0 Å². The van der Waals surface area contributed by atoms with Gasteiger partial charge in [-0.05, 0) is 25.7 Å². The Hall–Kier alpha value is -0.860. The molecule has 0 aliphatic carbocycles. The molecule has 198 valence electrons. The average Bonchev–Trinajstić information content (AvgIpc) is 2.78. The number of unbranched alkanes of at least 4 members (excludes halogenated alkanes) is 14. The molecular weight excluding hydrogens is 412 g/mol. The van der Waals surface area contributed by atoms with Gasteiger partial charge < -0.3 is 8.97 Å². The Morgan fingerprint density at radius 2 is 0.676 bits per heavy atom. The van der Waals surface area contributed by atoms with E-state index < -0.39 is 0 Å². The average molecular weight is 475 g/mol. The molecule has 0 aliphatic heterocycles. The Morgan fingerprint density at radius 1 is 0.412 bits per heavy atom. The second-order valence-electron chi connectivity index (χ2n) is 12.4. The summed E-state index contributed by atoms with van der Waals surface area (Å²) < 4.78 is 2.21. The molecule has 2 nitrogen and oxygen atoms in total. The lowest BCUT2D eigenvalue weighted by Gasteiger charge is -2.31. The van der Waals surface area contributed by atoms with Gasteiger partial charge in [0.25, 0.3) is 0 Å². The first kappa shape index (κ1) is 31.2. The number of nitrogens with zero attached hydrogens (tertiary/aromatic N) is 2. The minimum atomic E-state index is 1.11. The fraction of sp³-hybridized carbons (Fsp3) is 0.812. The third-order valence-corrected chi connectivity index (χ3v) is 7.48. The van der Waals surface area contributed by atoms with E-state index in [9.17, 15) is 0 Å². The van der Waals surface area contributed by atoms with E-state index in [0.717, 1.165) is 22.1 Å². The third-order valence-electron chi connectivity index (χ3n) is 7.48. The largest absolute Gasteiger partial charge is 0.325 e. The molecule has 0 spiro atoms. The first-order chi connectivity index (χ1) is 16.3. The zero-order valence-corrected chi connectivity index (χ0v) is 24.3. The van der Waals surface area contributed by atoms with Crippen LogP contribution in [0, 0.1) is 0 Å². The standard InChI is InChI=1S/C32H62N2/c1-7-9-11-13-15-17-19-21-27-33(3,4)29-31-23-25-32(26-24-31)30-34(5,6)28-22-20-18-16-14-12-10-8-2/h23-26H,7-22,27-30H2,1-6H3/q+2. The van der Waals surface area contributed by atoms with Crippen LogP contribution in [-0.2, 0) is 13.1 Å². The fourth-order valence-corrected chi connectivity index (χ4v) is 5.24. The number of quaternary nitrogens is 2. The van der Waals surface area contributed by atoms with Gasteiger partial charge in [0.1, 0.15) is 13.1 Å². The van der Waals surface area contributed by atoms with Crippen LogP contribution in [0.5, 0.6) is 0 Å². The van der Waals surface area contributed by atoms with Crippen LogP contribution in [0.25, 0.3) is 0 Å². The monoisotopic (exact) mass is 474 g/mol. The molecule has 0 radical (unpaired) electrons. The molecule has 0 amide bonds. The van der Waals surface area contributed by atoms with Crippen LogP contribution in [0.3, 0.4) is 0 Å². The summed E-state index contributed by atoms with van der Waals surface area (Å²) in [5.74, 6) is 0. The molecule has 1 rings (SSSR count). The molecule has 1 aromatic carbocycles. The first-order valence-electron chi connectivity index (χ1n) is 15.0. The van der Waals surface area contributed by atoms with E-state index in [0.29, 0.717) is 0 Å². The Bertz CT molecular complexity index is 535. The van der Waals surface area contributed by atoms with E-state index in [-0.39, 0.29) is 0 Å². The summed E-state index contributed by atoms with van der Waals surface area (Å²) in [5, 5.41) is 0. The summed E-state index contributed by atoms with van der Waals surface area (Å²) >= 11 is 0. The second-order valence-corrected chi connectivity index (χ2v) is 12.4. The van der Waals surface area contributed by atoms with Crippen LogP contribution in [0.2, 0.25) is 0 Å². The van der Waals surface area contributed by atoms with Gasteiger partial charge in [-0.1, -0.05) is 115 Å². The van der Waals surface area contributed by atoms with Crippen molar-refractivity contribution in [1.29, 1.82) is 0 Å². The van der Waals surface area contributed by atoms with Crippen molar-refractivity contribution in [2.75, 3.05) is 41.3 Å². The van der Waals surface area contributed by atoms with E-state index >= 15 is 0 Å². The summed E-state index contributed by atoms with van der Waals surface area (Å²) in [5.41, 5.74) is 2.98. The maximum absolute atomic E-state index is 2.40. The topological polar surface area (TPSA) is 0 Å². The molecule has 0 N–H and O–H groups in total. The van der Waals surface area contributed by atoms with Gasteiger partial charge in [-0.15, -0.1) is 0 Å². The van der Waals surface area contributed by atoms with E-state index in [2.05, 4.69) is 66.3 Å². The van der Waals surface area contributed by atoms with Crippen LogP contribution < -0.4 is 0 Å². The van der Waals surface area contributed by atoms with Gasteiger partial charge in [0.15, 0.2) is 0 Å². The number of hydrogen-bond donors (Lipinski definition) is 0. The van der Waals surface area contributed by atoms with E-state index in [1.54, 1.807) is 0 Å². The SMILES string of the molecule is CCCCCCCCCC[N+](C)(C)Cc1ccc(C[N+](C)(C)CCCCCCCCCC)cc1. The smallest absolute Gasteiger partial charge is 0.104 e. The van der Waals surface area contributed by atoms with E-state index in [1.807, 2.05) is 0 Å². The highest BCUT2D eigenvalue weighted by Gasteiger charge is 2.18. The van der Waals surface area contributed by atoms with E-state index in [4.69, 9.17) is 0 Å². The van der Waals surface area contributed by atoms with Gasteiger partial charge in [-0.3, -0.25) is 0 Å². The van der Waals surface area contributed by atoms with Crippen molar-refractivity contribution in [3.63, 3.8) is 0 Å². The van der Waals surface area contributed by atoms with Crippen molar-refractivity contribution in [2.45, 2.75) is 130 Å². The molecule has 0 aliphatic rings. The summed E-state index contributed by atoms with van der Waals surface area (Å²) in [4.78, 5) is 0. The van der Waals surface area contributed by atoms with Gasteiger partial charge in [0.05, 0.1) is 41.3 Å². The number of benzene rings is 1. The summed E-state index contributed by atoms with van der Waals surface area (Å²) in [7, 11) is 9.61. The van der Waals surface area contributed by atoms with Gasteiger partial charge in [0.2, 0.25) is 0 Å². The van der Waals surface area contributed by atoms with Crippen LogP contribution in [0.15, 0.2) is 24.3 Å². The molecule has 0 saturated heterocycles. The van der Waals surface area contributed by atoms with Crippen LogP contribution in [-0.4, -0.2) is 50.2 Å². The Kier molecular flexibility index (Phi) is 16.9. The van der Waals surface area contributed by atoms with Gasteiger partial charge >= 0.3 is 0 Å². The van der Waals surface area contributed by atoms with Gasteiger partial charge in [-0.2, -0.15) is 0 Å². The van der Waals surface area contributed by atoms with Crippen molar-refractivity contribution < 1.29 is 8.97 Å². The molecule has 2 heteroatoms. The molecule has 0 unspecified atom stereocenters. The van der Waals surface area contributed by atoms with Crippen molar-refractivity contribution in [1.82, 2.24) is 0 Å². The molecular formula is C32H62N2+2. The molecule has 0 bridgehead atoms. The fourth-order valence-electron chi connectivity index (χ4n) is 5.24. The van der Waals surface area contributed by atoms with Gasteiger partial charge in [-0.25, -0.2) is 0 Å². The lowest BCUT2D eigenvalue weighted by Crippen LogP contribution is -2.40. The minimum absolute atomic E-state index is 1.11. The van der Waals surface area contributed by atoms with Crippen LogP contribution in [0.4, 0.5) is 0 Å². The van der Waals surface area contributed by atoms with E-state index in [1.165, 1.54) is 127 Å². The van der Waals surface area contributed by atoms with Crippen LogP contribution in [0.1, 0.15) is 128 Å². The predicted molar refractivity (Wildman–Crippen MR) is 153 cm³/mol. The highest BCUT2D eigenvalue weighted by molar-refractivity contribution is 5.21. The van der Waals surface area contributed by atoms with Gasteiger partial charge in [0, 0.05) is 11.1 Å². The Balaban J connectivity index is 2.26. The van der Waals surface area contributed by atoms with Crippen molar-refractivity contribution in [2.24, 2.45) is 0 Å². The zero-order valence-electron chi connectivity index (χ0n) is 24.3. The maximum atomic E-state index is 2.40. The number of hydrogen-bond acceptors (Lipinski definition) is 0. The zero-order chi connectivity index (χ0) is 25.1. The quantitative estimate of drug-likeness (QED) is 0.116. The predicted octanol–water partition coefficient (Wildman–Crippen LogP) is 9.12. The van der Waals surface area contributed by atoms with Crippen molar-refractivity contribution in [3.05, 3.63) is 35.4 Å². The lowest BCUT2D eigenvalue weighted by atomic mass is 10.1. The third kappa shape index (κ3) is 16.7. The summed E-state index contributed by atoms with van der Waals surface area (Å²) in [6, 6.07) is 9.55. The Labute approximate surface area is 215 Å². The molecule has 0 fully saturated rings. The first-order valence-corrected chi connectivity index (χ1v) is 15.0. The molecule has 0 saturated carbocycles. The Morgan fingerprint density at radius 3 is 0.971 bits per heavy atom. The number of rotatable bonds is 22. The molecule has 0 atom stereocenters. The summed E-state index contributed by atoms with van der Waals surface area (Å²) in [6.07, 6.45) is 22.5.